The van der Waals surface area contributed by atoms with Crippen molar-refractivity contribution in [3.8, 4) is 0 Å². The topological polar surface area (TPSA) is 52.6 Å². The molecular formula is C27H29N3O2. The molecule has 1 atom stereocenters. The van der Waals surface area contributed by atoms with Gasteiger partial charge in [0.05, 0.1) is 0 Å². The molecule has 0 aliphatic carbocycles. The average molecular weight is 428 g/mol. The number of carbonyl (C=O) groups excluding carboxylic acids is 2. The summed E-state index contributed by atoms with van der Waals surface area (Å²) in [6.07, 6.45) is 0.889. The number of anilines is 2. The van der Waals surface area contributed by atoms with Gasteiger partial charge < -0.3 is 15.1 Å². The summed E-state index contributed by atoms with van der Waals surface area (Å²) in [5, 5.41) is 2.92. The molecule has 0 fully saturated rings. The molecule has 5 nitrogen and oxygen atoms in total. The maximum absolute atomic E-state index is 13.3. The van der Waals surface area contributed by atoms with Crippen LogP contribution in [0.25, 0.3) is 0 Å². The van der Waals surface area contributed by atoms with E-state index >= 15 is 0 Å². The van der Waals surface area contributed by atoms with E-state index in [0.29, 0.717) is 29.4 Å². The van der Waals surface area contributed by atoms with E-state index in [9.17, 15) is 9.59 Å². The molecule has 0 spiro atoms. The number of benzene rings is 3. The van der Waals surface area contributed by atoms with Crippen molar-refractivity contribution in [1.82, 2.24) is 4.90 Å². The molecule has 4 rings (SSSR count). The number of carbonyl (C=O) groups is 2. The molecule has 3 aromatic rings. The van der Waals surface area contributed by atoms with Gasteiger partial charge in [0.2, 0.25) is 0 Å². The summed E-state index contributed by atoms with van der Waals surface area (Å²) in [6.45, 7) is 4.66. The molecule has 0 radical (unpaired) electrons. The quantitative estimate of drug-likeness (QED) is 0.622. The molecule has 0 saturated carbocycles. The highest BCUT2D eigenvalue weighted by atomic mass is 16.2. The smallest absolute Gasteiger partial charge is 0.258 e. The van der Waals surface area contributed by atoms with Crippen LogP contribution in [0.5, 0.6) is 0 Å². The molecule has 2 amide bonds. The normalized spacial score (nSPS) is 15.4. The van der Waals surface area contributed by atoms with Crippen LogP contribution in [0.4, 0.5) is 11.4 Å². The first-order valence-electron chi connectivity index (χ1n) is 10.9. The monoisotopic (exact) mass is 427 g/mol. The lowest BCUT2D eigenvalue weighted by atomic mass is 9.93. The Bertz CT molecular complexity index is 1150. The molecule has 164 valence electrons. The first-order valence-corrected chi connectivity index (χ1v) is 10.9. The van der Waals surface area contributed by atoms with Crippen LogP contribution >= 0.6 is 0 Å². The largest absolute Gasteiger partial charge is 0.322 e. The molecule has 1 unspecified atom stereocenters. The summed E-state index contributed by atoms with van der Waals surface area (Å²) in [5.74, 6) is -0.179. The molecule has 5 heteroatoms. The highest BCUT2D eigenvalue weighted by molar-refractivity contribution is 6.08. The van der Waals surface area contributed by atoms with Gasteiger partial charge in [-0.05, 0) is 81.9 Å². The zero-order valence-electron chi connectivity index (χ0n) is 19.1. The Morgan fingerprint density at radius 1 is 0.969 bits per heavy atom. The Kier molecular flexibility index (Phi) is 6.10. The van der Waals surface area contributed by atoms with Crippen molar-refractivity contribution in [2.45, 2.75) is 26.3 Å². The van der Waals surface area contributed by atoms with Gasteiger partial charge in [-0.15, -0.1) is 0 Å². The van der Waals surface area contributed by atoms with Gasteiger partial charge in [0.15, 0.2) is 0 Å². The third-order valence-electron chi connectivity index (χ3n) is 6.11. The van der Waals surface area contributed by atoms with E-state index in [0.717, 1.165) is 17.7 Å². The maximum Gasteiger partial charge on any atom is 0.258 e. The van der Waals surface area contributed by atoms with Gasteiger partial charge >= 0.3 is 0 Å². The van der Waals surface area contributed by atoms with Crippen molar-refractivity contribution in [1.29, 1.82) is 0 Å². The third kappa shape index (κ3) is 4.30. The van der Waals surface area contributed by atoms with Gasteiger partial charge in [-0.1, -0.05) is 35.9 Å². The molecule has 1 aliphatic heterocycles. The third-order valence-corrected chi connectivity index (χ3v) is 6.11. The Balaban J connectivity index is 1.54. The second-order valence-electron chi connectivity index (χ2n) is 8.63. The first kappa shape index (κ1) is 21.8. The molecule has 0 aromatic heterocycles. The highest BCUT2D eigenvalue weighted by Crippen LogP contribution is 2.37. The lowest BCUT2D eigenvalue weighted by molar-refractivity contribution is 0.0979. The van der Waals surface area contributed by atoms with Gasteiger partial charge in [0, 0.05) is 35.1 Å². The molecule has 1 N–H and O–H groups in total. The summed E-state index contributed by atoms with van der Waals surface area (Å²) < 4.78 is 0. The second kappa shape index (κ2) is 8.97. The van der Waals surface area contributed by atoms with Crippen LogP contribution in [0, 0.1) is 13.8 Å². The van der Waals surface area contributed by atoms with Gasteiger partial charge in [0.1, 0.15) is 0 Å². The number of rotatable bonds is 4. The fraction of sp³-hybridized carbons (Fsp3) is 0.259. The minimum Gasteiger partial charge on any atom is -0.322 e. The molecule has 1 aliphatic rings. The van der Waals surface area contributed by atoms with E-state index in [1.54, 1.807) is 30.3 Å². The van der Waals surface area contributed by atoms with E-state index in [2.05, 4.69) is 49.4 Å². The Hall–Kier alpha value is -3.44. The summed E-state index contributed by atoms with van der Waals surface area (Å²) >= 11 is 0. The number of nitrogens with one attached hydrogen (secondary N) is 1. The fourth-order valence-corrected chi connectivity index (χ4v) is 4.34. The van der Waals surface area contributed by atoms with Crippen LogP contribution in [-0.2, 0) is 0 Å². The van der Waals surface area contributed by atoms with Crippen LogP contribution < -0.4 is 10.2 Å². The Labute approximate surface area is 189 Å². The number of nitrogens with zero attached hydrogens (tertiary/aromatic N) is 2. The fourth-order valence-electron chi connectivity index (χ4n) is 4.34. The number of amides is 2. The van der Waals surface area contributed by atoms with Gasteiger partial charge in [-0.2, -0.15) is 0 Å². The van der Waals surface area contributed by atoms with E-state index in [1.165, 1.54) is 11.1 Å². The zero-order valence-corrected chi connectivity index (χ0v) is 19.1. The predicted molar refractivity (Wildman–Crippen MR) is 129 cm³/mol. The van der Waals surface area contributed by atoms with E-state index in [-0.39, 0.29) is 11.8 Å². The SMILES string of the molecule is Cc1ccc2c(c1)C(N(C)C)CCN2C(=O)c1ccc(NC(=O)c2ccccc2C)cc1. The van der Waals surface area contributed by atoms with Crippen molar-refractivity contribution in [2.75, 3.05) is 30.9 Å². The lowest BCUT2D eigenvalue weighted by Crippen LogP contribution is -2.39. The minimum atomic E-state index is -0.155. The van der Waals surface area contributed by atoms with E-state index < -0.39 is 0 Å². The summed E-state index contributed by atoms with van der Waals surface area (Å²) in [6, 6.07) is 21.2. The molecular weight excluding hydrogens is 398 g/mol. The van der Waals surface area contributed by atoms with Gasteiger partial charge in [-0.3, -0.25) is 9.59 Å². The van der Waals surface area contributed by atoms with Gasteiger partial charge in [0.25, 0.3) is 11.8 Å². The van der Waals surface area contributed by atoms with Crippen molar-refractivity contribution < 1.29 is 9.59 Å². The highest BCUT2D eigenvalue weighted by Gasteiger charge is 2.30. The summed E-state index contributed by atoms with van der Waals surface area (Å²) in [4.78, 5) is 30.0. The standard InChI is InChI=1S/C27H29N3O2/c1-18-9-14-25-23(17-18)24(29(3)4)15-16-30(25)27(32)20-10-12-21(13-11-20)28-26(31)22-8-6-5-7-19(22)2/h5-14,17,24H,15-16H2,1-4H3,(H,28,31). The number of fused-ring (bicyclic) bond motifs is 1. The molecule has 3 aromatic carbocycles. The molecule has 1 heterocycles. The van der Waals surface area contributed by atoms with Crippen molar-refractivity contribution in [3.05, 3.63) is 94.5 Å². The number of hydrogen-bond donors (Lipinski definition) is 1. The predicted octanol–water partition coefficient (Wildman–Crippen LogP) is 5.21. The van der Waals surface area contributed by atoms with Crippen LogP contribution in [0.3, 0.4) is 0 Å². The Morgan fingerprint density at radius 3 is 2.38 bits per heavy atom. The lowest BCUT2D eigenvalue weighted by Gasteiger charge is -2.37. The number of aryl methyl sites for hydroxylation is 2. The summed E-state index contributed by atoms with van der Waals surface area (Å²) in [7, 11) is 4.16. The number of hydrogen-bond acceptors (Lipinski definition) is 3. The zero-order chi connectivity index (χ0) is 22.8. The first-order chi connectivity index (χ1) is 15.3. The van der Waals surface area contributed by atoms with Crippen LogP contribution in [0.1, 0.15) is 49.9 Å². The van der Waals surface area contributed by atoms with Crippen LogP contribution in [0.2, 0.25) is 0 Å². The minimum absolute atomic E-state index is 0.0240. The van der Waals surface area contributed by atoms with E-state index in [1.807, 2.05) is 30.0 Å². The molecule has 0 bridgehead atoms. The maximum atomic E-state index is 13.3. The van der Waals surface area contributed by atoms with Crippen LogP contribution in [-0.4, -0.2) is 37.4 Å². The van der Waals surface area contributed by atoms with E-state index in [4.69, 9.17) is 0 Å². The van der Waals surface area contributed by atoms with Crippen molar-refractivity contribution in [2.24, 2.45) is 0 Å². The average Bonchev–Trinajstić information content (AvgIpc) is 2.78. The van der Waals surface area contributed by atoms with Crippen LogP contribution in [0.15, 0.2) is 66.7 Å². The van der Waals surface area contributed by atoms with Gasteiger partial charge in [-0.25, -0.2) is 0 Å². The molecule has 32 heavy (non-hydrogen) atoms. The second-order valence-corrected chi connectivity index (χ2v) is 8.63. The Morgan fingerprint density at radius 2 is 1.69 bits per heavy atom. The summed E-state index contributed by atoms with van der Waals surface area (Å²) in [5.41, 5.74) is 6.19. The molecule has 0 saturated heterocycles. The van der Waals surface area contributed by atoms with Crippen molar-refractivity contribution in [3.63, 3.8) is 0 Å². The van der Waals surface area contributed by atoms with Crippen molar-refractivity contribution >= 4 is 23.2 Å².